The number of rotatable bonds is 9. The smallest absolute Gasteiger partial charge is 0.255 e. The summed E-state index contributed by atoms with van der Waals surface area (Å²) < 4.78 is 33.2. The van der Waals surface area contributed by atoms with E-state index in [0.717, 1.165) is 21.0 Å². The summed E-state index contributed by atoms with van der Waals surface area (Å²) in [7, 11) is -2.43. The maximum absolute atomic E-state index is 13.4. The predicted molar refractivity (Wildman–Crippen MR) is 129 cm³/mol. The zero-order valence-electron chi connectivity index (χ0n) is 18.9. The first-order valence-electron chi connectivity index (χ1n) is 10.4. The summed E-state index contributed by atoms with van der Waals surface area (Å²) in [5, 5.41) is 3.96. The molecule has 0 radical (unpaired) electrons. The van der Waals surface area contributed by atoms with Crippen molar-refractivity contribution in [3.05, 3.63) is 95.1 Å². The van der Waals surface area contributed by atoms with E-state index in [0.29, 0.717) is 11.3 Å². The molecule has 3 rings (SSSR count). The number of carbonyl (C=O) groups is 1. The van der Waals surface area contributed by atoms with Crippen LogP contribution in [0.4, 0.5) is 0 Å². The molecule has 3 aromatic carbocycles. The van der Waals surface area contributed by atoms with Crippen molar-refractivity contribution in [2.45, 2.75) is 25.3 Å². The first kappa shape index (κ1) is 24.2. The molecule has 0 heterocycles. The van der Waals surface area contributed by atoms with Crippen LogP contribution in [0, 0.1) is 13.8 Å². The number of hydrogen-bond donors (Lipinski definition) is 1. The lowest BCUT2D eigenvalue weighted by atomic mass is 10.2. The van der Waals surface area contributed by atoms with Gasteiger partial charge >= 0.3 is 0 Å². The van der Waals surface area contributed by atoms with Crippen LogP contribution >= 0.6 is 0 Å². The molecule has 0 spiro atoms. The Kier molecular flexibility index (Phi) is 7.97. The third-order valence-electron chi connectivity index (χ3n) is 5.01. The van der Waals surface area contributed by atoms with Gasteiger partial charge in [0.2, 0.25) is 10.0 Å². The van der Waals surface area contributed by atoms with Gasteiger partial charge in [0.25, 0.3) is 5.91 Å². The highest BCUT2D eigenvalue weighted by atomic mass is 32.2. The second-order valence-electron chi connectivity index (χ2n) is 7.59. The van der Waals surface area contributed by atoms with Crippen molar-refractivity contribution in [3.63, 3.8) is 0 Å². The molecule has 0 aliphatic heterocycles. The number of aryl methyl sites for hydroxylation is 2. The van der Waals surface area contributed by atoms with Gasteiger partial charge in [-0.1, -0.05) is 60.2 Å². The van der Waals surface area contributed by atoms with E-state index in [4.69, 9.17) is 4.74 Å². The van der Waals surface area contributed by atoms with Crippen LogP contribution in [0.1, 0.15) is 22.3 Å². The number of ether oxygens (including phenoxy) is 1. The van der Waals surface area contributed by atoms with Crippen LogP contribution in [0.5, 0.6) is 5.75 Å². The normalized spacial score (nSPS) is 11.6. The van der Waals surface area contributed by atoms with Gasteiger partial charge in [-0.15, -0.1) is 0 Å². The van der Waals surface area contributed by atoms with Crippen LogP contribution in [0.15, 0.2) is 82.8 Å². The lowest BCUT2D eigenvalue weighted by Gasteiger charge is -2.22. The Morgan fingerprint density at radius 2 is 1.73 bits per heavy atom. The molecule has 1 amide bonds. The van der Waals surface area contributed by atoms with Crippen LogP contribution in [0.3, 0.4) is 0 Å². The van der Waals surface area contributed by atoms with Crippen molar-refractivity contribution in [3.8, 4) is 5.75 Å². The Bertz CT molecular complexity index is 1220. The zero-order valence-corrected chi connectivity index (χ0v) is 19.7. The lowest BCUT2D eigenvalue weighted by molar-refractivity contribution is -0.121. The molecule has 0 unspecified atom stereocenters. The molecular formula is C25H27N3O4S. The van der Waals surface area contributed by atoms with E-state index >= 15 is 0 Å². The molecule has 0 aromatic heterocycles. The van der Waals surface area contributed by atoms with Crippen molar-refractivity contribution >= 4 is 22.1 Å². The van der Waals surface area contributed by atoms with E-state index in [1.165, 1.54) is 19.4 Å². The average Bonchev–Trinajstić information content (AvgIpc) is 2.80. The van der Waals surface area contributed by atoms with Crippen LogP contribution < -0.4 is 10.2 Å². The molecule has 0 aliphatic rings. The van der Waals surface area contributed by atoms with Crippen LogP contribution in [0.25, 0.3) is 0 Å². The molecule has 8 heteroatoms. The van der Waals surface area contributed by atoms with E-state index in [1.54, 1.807) is 19.1 Å². The summed E-state index contributed by atoms with van der Waals surface area (Å²) in [4.78, 5) is 12.7. The Morgan fingerprint density at radius 1 is 1.03 bits per heavy atom. The van der Waals surface area contributed by atoms with E-state index in [9.17, 15) is 13.2 Å². The SMILES string of the molecule is COc1ccc(S(=O)(=O)N(CC(=O)NN=Cc2ccc(C)cc2)Cc2ccccc2)cc1C. The highest BCUT2D eigenvalue weighted by Gasteiger charge is 2.27. The molecule has 0 bridgehead atoms. The third-order valence-corrected chi connectivity index (χ3v) is 6.79. The number of amides is 1. The van der Waals surface area contributed by atoms with Crippen molar-refractivity contribution in [1.82, 2.24) is 9.73 Å². The Hall–Kier alpha value is -3.49. The van der Waals surface area contributed by atoms with Gasteiger partial charge in [0.05, 0.1) is 24.8 Å². The van der Waals surface area contributed by atoms with E-state index in [2.05, 4.69) is 10.5 Å². The molecule has 1 N–H and O–H groups in total. The molecule has 172 valence electrons. The highest BCUT2D eigenvalue weighted by molar-refractivity contribution is 7.89. The van der Waals surface area contributed by atoms with Crippen LogP contribution in [-0.4, -0.2) is 38.5 Å². The summed E-state index contributed by atoms with van der Waals surface area (Å²) >= 11 is 0. The van der Waals surface area contributed by atoms with Gasteiger partial charge in [-0.25, -0.2) is 13.8 Å². The first-order chi connectivity index (χ1) is 15.8. The summed E-state index contributed by atoms with van der Waals surface area (Å²) in [5.74, 6) is 0.0508. The van der Waals surface area contributed by atoms with Crippen molar-refractivity contribution < 1.29 is 17.9 Å². The van der Waals surface area contributed by atoms with Gasteiger partial charge in [-0.05, 0) is 48.7 Å². The minimum Gasteiger partial charge on any atom is -0.496 e. The molecule has 33 heavy (non-hydrogen) atoms. The molecule has 0 aliphatic carbocycles. The average molecular weight is 466 g/mol. The zero-order chi connectivity index (χ0) is 23.8. The van der Waals surface area contributed by atoms with Gasteiger partial charge in [0, 0.05) is 6.54 Å². The topological polar surface area (TPSA) is 88.1 Å². The maximum Gasteiger partial charge on any atom is 0.255 e. The summed E-state index contributed by atoms with van der Waals surface area (Å²) in [5.41, 5.74) is 5.81. The lowest BCUT2D eigenvalue weighted by Crippen LogP contribution is -2.39. The number of carbonyl (C=O) groups excluding carboxylic acids is 1. The van der Waals surface area contributed by atoms with E-state index in [-0.39, 0.29) is 18.0 Å². The van der Waals surface area contributed by atoms with Crippen LogP contribution in [-0.2, 0) is 21.4 Å². The summed E-state index contributed by atoms with van der Waals surface area (Å²) in [6, 6.07) is 21.4. The fraction of sp³-hybridized carbons (Fsp3) is 0.200. The van der Waals surface area contributed by atoms with Gasteiger partial charge in [-0.3, -0.25) is 4.79 Å². The number of hydrogen-bond acceptors (Lipinski definition) is 5. The predicted octanol–water partition coefficient (Wildman–Crippen LogP) is 3.65. The first-order valence-corrected chi connectivity index (χ1v) is 11.8. The van der Waals surface area contributed by atoms with Gasteiger partial charge < -0.3 is 4.74 Å². The van der Waals surface area contributed by atoms with E-state index in [1.807, 2.05) is 61.5 Å². The Morgan fingerprint density at radius 3 is 2.36 bits per heavy atom. The highest BCUT2D eigenvalue weighted by Crippen LogP contribution is 2.24. The van der Waals surface area contributed by atoms with Gasteiger partial charge in [0.1, 0.15) is 5.75 Å². The minimum absolute atomic E-state index is 0.0450. The number of nitrogens with zero attached hydrogens (tertiary/aromatic N) is 2. The molecular weight excluding hydrogens is 438 g/mol. The molecule has 0 saturated heterocycles. The fourth-order valence-electron chi connectivity index (χ4n) is 3.20. The Balaban J connectivity index is 1.80. The standard InChI is InChI=1S/C25H27N3O4S/c1-19-9-11-21(12-10-19)16-26-27-25(29)18-28(17-22-7-5-4-6-8-22)33(30,31)23-13-14-24(32-3)20(2)15-23/h4-16H,17-18H2,1-3H3,(H,27,29). The summed E-state index contributed by atoms with van der Waals surface area (Å²) in [6.45, 7) is 3.41. The number of sulfonamides is 1. The second-order valence-corrected chi connectivity index (χ2v) is 9.53. The maximum atomic E-state index is 13.4. The number of nitrogens with one attached hydrogen (secondary N) is 1. The van der Waals surface area contributed by atoms with Crippen molar-refractivity contribution in [2.75, 3.05) is 13.7 Å². The monoisotopic (exact) mass is 465 g/mol. The number of benzene rings is 3. The number of hydrazone groups is 1. The third kappa shape index (κ3) is 6.50. The van der Waals surface area contributed by atoms with Crippen LogP contribution in [0.2, 0.25) is 0 Å². The largest absolute Gasteiger partial charge is 0.496 e. The second kappa shape index (κ2) is 10.9. The molecule has 0 fully saturated rings. The number of methoxy groups -OCH3 is 1. The Labute approximate surface area is 194 Å². The van der Waals surface area contributed by atoms with Gasteiger partial charge in [-0.2, -0.15) is 9.41 Å². The van der Waals surface area contributed by atoms with Crippen molar-refractivity contribution in [1.29, 1.82) is 0 Å². The molecule has 0 atom stereocenters. The quantitative estimate of drug-likeness (QED) is 0.386. The minimum atomic E-state index is -3.96. The molecule has 3 aromatic rings. The van der Waals surface area contributed by atoms with Gasteiger partial charge in [0.15, 0.2) is 0 Å². The molecule has 7 nitrogen and oxygen atoms in total. The summed E-state index contributed by atoms with van der Waals surface area (Å²) in [6.07, 6.45) is 1.51. The van der Waals surface area contributed by atoms with E-state index < -0.39 is 15.9 Å². The van der Waals surface area contributed by atoms with Crippen molar-refractivity contribution in [2.24, 2.45) is 5.10 Å². The molecule has 0 saturated carbocycles. The fourth-order valence-corrected chi connectivity index (χ4v) is 4.67.